The number of hydrogen-bond donors (Lipinski definition) is 2. The molecule has 0 bridgehead atoms. The lowest BCUT2D eigenvalue weighted by molar-refractivity contribution is -0.115. The van der Waals surface area contributed by atoms with Gasteiger partial charge in [-0.3, -0.25) is 4.79 Å². The van der Waals surface area contributed by atoms with Gasteiger partial charge in [0.15, 0.2) is 5.82 Å². The number of carbonyl (C=O) groups excluding carboxylic acids is 1. The van der Waals surface area contributed by atoms with Gasteiger partial charge in [-0.15, -0.1) is 5.10 Å². The lowest BCUT2D eigenvalue weighted by atomic mass is 10.1. The molecule has 0 aliphatic carbocycles. The predicted octanol–water partition coefficient (Wildman–Crippen LogP) is 1.03. The molecule has 0 fully saturated rings. The number of hydrogen-bond acceptors (Lipinski definition) is 5. The average Bonchev–Trinajstić information content (AvgIpc) is 2.46. The second-order valence-electron chi connectivity index (χ2n) is 4.24. The highest BCUT2D eigenvalue weighted by molar-refractivity contribution is 6.03. The molecule has 1 aromatic carbocycles. The first-order valence-corrected chi connectivity index (χ1v) is 5.96. The molecular formula is C13H13N5O. The maximum absolute atomic E-state index is 11.8. The summed E-state index contributed by atoms with van der Waals surface area (Å²) in [4.78, 5) is 13.6. The fourth-order valence-electron chi connectivity index (χ4n) is 2.16. The Kier molecular flexibility index (Phi) is 2.85. The van der Waals surface area contributed by atoms with Crippen molar-refractivity contribution in [2.75, 3.05) is 16.8 Å². The predicted molar refractivity (Wildman–Crippen MR) is 72.0 cm³/mol. The molecule has 2 heterocycles. The van der Waals surface area contributed by atoms with Gasteiger partial charge in [0.25, 0.3) is 0 Å². The molecule has 0 unspecified atom stereocenters. The van der Waals surface area contributed by atoms with Crippen molar-refractivity contribution in [3.05, 3.63) is 42.1 Å². The van der Waals surface area contributed by atoms with Crippen LogP contribution in [0.15, 0.2) is 36.5 Å². The van der Waals surface area contributed by atoms with E-state index in [2.05, 4.69) is 15.5 Å². The highest BCUT2D eigenvalue weighted by Gasteiger charge is 2.25. The largest absolute Gasteiger partial charge is 0.326 e. The molecule has 96 valence electrons. The van der Waals surface area contributed by atoms with Gasteiger partial charge in [-0.25, -0.2) is 0 Å². The summed E-state index contributed by atoms with van der Waals surface area (Å²) < 4.78 is 0. The number of amides is 1. The maximum Gasteiger partial charge on any atom is 0.244 e. The molecule has 19 heavy (non-hydrogen) atoms. The zero-order valence-electron chi connectivity index (χ0n) is 10.2. The second-order valence-corrected chi connectivity index (χ2v) is 4.24. The van der Waals surface area contributed by atoms with Gasteiger partial charge in [0, 0.05) is 12.1 Å². The maximum atomic E-state index is 11.8. The molecule has 0 atom stereocenters. The summed E-state index contributed by atoms with van der Waals surface area (Å²) in [5.41, 5.74) is 8.25. The minimum absolute atomic E-state index is 0.0766. The fourth-order valence-corrected chi connectivity index (χ4v) is 2.16. The molecule has 0 radical (unpaired) electrons. The van der Waals surface area contributed by atoms with Gasteiger partial charge >= 0.3 is 0 Å². The Bertz CT molecular complexity index is 628. The summed E-state index contributed by atoms with van der Waals surface area (Å²) in [5.74, 6) is 0.555. The van der Waals surface area contributed by atoms with Crippen LogP contribution in [0.5, 0.6) is 0 Å². The lowest BCUT2D eigenvalue weighted by Crippen LogP contribution is -2.36. The first kappa shape index (κ1) is 11.6. The van der Waals surface area contributed by atoms with Crippen molar-refractivity contribution in [1.29, 1.82) is 0 Å². The van der Waals surface area contributed by atoms with E-state index >= 15 is 0 Å². The van der Waals surface area contributed by atoms with Crippen molar-refractivity contribution >= 4 is 23.1 Å². The van der Waals surface area contributed by atoms with Gasteiger partial charge in [0.2, 0.25) is 5.91 Å². The second kappa shape index (κ2) is 4.66. The molecule has 1 aliphatic heterocycles. The van der Waals surface area contributed by atoms with E-state index in [0.29, 0.717) is 12.4 Å². The van der Waals surface area contributed by atoms with E-state index in [1.807, 2.05) is 35.2 Å². The zero-order valence-corrected chi connectivity index (χ0v) is 10.2. The molecule has 2 aromatic rings. The number of rotatable bonds is 2. The summed E-state index contributed by atoms with van der Waals surface area (Å²) in [6.07, 6.45) is 1.60. The van der Waals surface area contributed by atoms with Gasteiger partial charge in [-0.1, -0.05) is 12.1 Å². The molecule has 3 rings (SSSR count). The van der Waals surface area contributed by atoms with Gasteiger partial charge < -0.3 is 16.0 Å². The number of nitrogens with zero attached hydrogens (tertiary/aromatic N) is 3. The van der Waals surface area contributed by atoms with Gasteiger partial charge in [-0.05, 0) is 18.2 Å². The molecule has 1 aliphatic rings. The first-order valence-electron chi connectivity index (χ1n) is 5.96. The molecule has 0 saturated carbocycles. The van der Waals surface area contributed by atoms with E-state index in [1.165, 1.54) is 0 Å². The van der Waals surface area contributed by atoms with Crippen molar-refractivity contribution in [3.8, 4) is 0 Å². The molecule has 6 nitrogen and oxygen atoms in total. The van der Waals surface area contributed by atoms with Crippen molar-refractivity contribution < 1.29 is 4.79 Å². The van der Waals surface area contributed by atoms with E-state index in [9.17, 15) is 4.79 Å². The summed E-state index contributed by atoms with van der Waals surface area (Å²) in [7, 11) is 0. The SMILES string of the molecule is NCc1ccnnc1N1CC(=O)Nc2ccccc21. The summed E-state index contributed by atoms with van der Waals surface area (Å²) in [6, 6.07) is 9.41. The van der Waals surface area contributed by atoms with Crippen molar-refractivity contribution in [1.82, 2.24) is 10.2 Å². The number of anilines is 3. The number of nitrogens with one attached hydrogen (secondary N) is 1. The van der Waals surface area contributed by atoms with Crippen LogP contribution in [0.3, 0.4) is 0 Å². The zero-order chi connectivity index (χ0) is 13.2. The third-order valence-corrected chi connectivity index (χ3v) is 3.03. The minimum atomic E-state index is -0.0766. The van der Waals surface area contributed by atoms with E-state index < -0.39 is 0 Å². The molecule has 0 spiro atoms. The van der Waals surface area contributed by atoms with Crippen LogP contribution in [0.25, 0.3) is 0 Å². The van der Waals surface area contributed by atoms with Crippen LogP contribution in [0.1, 0.15) is 5.56 Å². The summed E-state index contributed by atoms with van der Waals surface area (Å²) in [5, 5.41) is 10.8. The van der Waals surface area contributed by atoms with Gasteiger partial charge in [0.1, 0.15) is 6.54 Å². The number of aromatic nitrogens is 2. The van der Waals surface area contributed by atoms with Crippen molar-refractivity contribution in [3.63, 3.8) is 0 Å². The average molecular weight is 255 g/mol. The molecule has 1 aromatic heterocycles. The lowest BCUT2D eigenvalue weighted by Gasteiger charge is -2.30. The van der Waals surface area contributed by atoms with Crippen LogP contribution in [0, 0.1) is 0 Å². The van der Waals surface area contributed by atoms with Gasteiger partial charge in [-0.2, -0.15) is 5.10 Å². The monoisotopic (exact) mass is 255 g/mol. The number of carbonyl (C=O) groups is 1. The summed E-state index contributed by atoms with van der Waals surface area (Å²) >= 11 is 0. The quantitative estimate of drug-likeness (QED) is 0.837. The van der Waals surface area contributed by atoms with Crippen LogP contribution in [-0.4, -0.2) is 22.6 Å². The standard InChI is InChI=1S/C13H13N5O/c14-7-9-5-6-15-17-13(9)18-8-12(19)16-10-3-1-2-4-11(10)18/h1-6H,7-8,14H2,(H,16,19). The number of fused-ring (bicyclic) bond motifs is 1. The number of benzene rings is 1. The van der Waals surface area contributed by atoms with E-state index in [4.69, 9.17) is 5.73 Å². The molecule has 0 saturated heterocycles. The van der Waals surface area contributed by atoms with E-state index in [-0.39, 0.29) is 12.5 Å². The first-order chi connectivity index (χ1) is 9.29. The molecule has 6 heteroatoms. The van der Waals surface area contributed by atoms with Crippen molar-refractivity contribution in [2.45, 2.75) is 6.54 Å². The van der Waals surface area contributed by atoms with E-state index in [0.717, 1.165) is 16.9 Å². The number of para-hydroxylation sites is 2. The molecule has 3 N–H and O–H groups in total. The van der Waals surface area contributed by atoms with Crippen molar-refractivity contribution in [2.24, 2.45) is 5.73 Å². The van der Waals surface area contributed by atoms with Crippen LogP contribution in [0.4, 0.5) is 17.2 Å². The van der Waals surface area contributed by atoms with Crippen LogP contribution in [0.2, 0.25) is 0 Å². The third kappa shape index (κ3) is 2.02. The highest BCUT2D eigenvalue weighted by Crippen LogP contribution is 2.34. The molecule has 1 amide bonds. The van der Waals surface area contributed by atoms with Crippen LogP contribution < -0.4 is 16.0 Å². The topological polar surface area (TPSA) is 84.1 Å². The van der Waals surface area contributed by atoms with Crippen LogP contribution >= 0.6 is 0 Å². The Morgan fingerprint density at radius 1 is 1.32 bits per heavy atom. The molecular weight excluding hydrogens is 242 g/mol. The van der Waals surface area contributed by atoms with Gasteiger partial charge in [0.05, 0.1) is 17.6 Å². The Morgan fingerprint density at radius 3 is 3.00 bits per heavy atom. The normalized spacial score (nSPS) is 13.9. The Balaban J connectivity index is 2.13. The smallest absolute Gasteiger partial charge is 0.244 e. The Labute approximate surface area is 110 Å². The Morgan fingerprint density at radius 2 is 2.16 bits per heavy atom. The summed E-state index contributed by atoms with van der Waals surface area (Å²) in [6.45, 7) is 0.563. The number of nitrogens with two attached hydrogens (primary N) is 1. The van der Waals surface area contributed by atoms with Crippen LogP contribution in [-0.2, 0) is 11.3 Å². The Hall–Kier alpha value is -2.47. The fraction of sp³-hybridized carbons (Fsp3) is 0.154. The minimum Gasteiger partial charge on any atom is -0.326 e. The third-order valence-electron chi connectivity index (χ3n) is 3.03. The highest BCUT2D eigenvalue weighted by atomic mass is 16.2. The van der Waals surface area contributed by atoms with E-state index in [1.54, 1.807) is 6.20 Å².